The van der Waals surface area contributed by atoms with Gasteiger partial charge >= 0.3 is 0 Å². The van der Waals surface area contributed by atoms with Crippen LogP contribution >= 0.6 is 0 Å². The van der Waals surface area contributed by atoms with Crippen molar-refractivity contribution in [3.63, 3.8) is 0 Å². The molecule has 1 fully saturated rings. The Morgan fingerprint density at radius 1 is 1.33 bits per heavy atom. The molecule has 2 nitrogen and oxygen atoms in total. The summed E-state index contributed by atoms with van der Waals surface area (Å²) in [7, 11) is 0. The average Bonchev–Trinajstić information content (AvgIpc) is 2.16. The number of rotatable bonds is 2. The van der Waals surface area contributed by atoms with Gasteiger partial charge in [0.1, 0.15) is 0 Å². The highest BCUT2D eigenvalue weighted by molar-refractivity contribution is 5.36. The minimum Gasteiger partial charge on any atom is -0.379 e. The molecule has 0 N–H and O–H groups in total. The van der Waals surface area contributed by atoms with Crippen molar-refractivity contribution in [2.75, 3.05) is 13.2 Å². The van der Waals surface area contributed by atoms with Crippen LogP contribution < -0.4 is 0 Å². The van der Waals surface area contributed by atoms with E-state index in [0.717, 1.165) is 0 Å². The van der Waals surface area contributed by atoms with Crippen LogP contribution in [0.25, 0.3) is 0 Å². The molecule has 1 saturated heterocycles. The Kier molecular flexibility index (Phi) is 2.50. The fourth-order valence-corrected chi connectivity index (χ4v) is 1.94. The van der Waals surface area contributed by atoms with Crippen LogP contribution in [0.15, 0.2) is 18.2 Å². The fourth-order valence-electron chi connectivity index (χ4n) is 1.94. The van der Waals surface area contributed by atoms with Crippen LogP contribution in [-0.2, 0) is 10.2 Å². The summed E-state index contributed by atoms with van der Waals surface area (Å²) in [5.74, 6) is 0. The number of benzene rings is 1. The van der Waals surface area contributed by atoms with Crippen LogP contribution in [0.2, 0.25) is 0 Å². The summed E-state index contributed by atoms with van der Waals surface area (Å²) in [6.07, 6.45) is 0.551. The zero-order chi connectivity index (χ0) is 10.9. The first-order valence-electron chi connectivity index (χ1n) is 5.20. The van der Waals surface area contributed by atoms with Crippen molar-refractivity contribution in [3.05, 3.63) is 34.9 Å². The van der Waals surface area contributed by atoms with E-state index in [-0.39, 0.29) is 5.41 Å². The van der Waals surface area contributed by atoms with E-state index in [1.807, 2.05) is 0 Å². The molecule has 0 aliphatic carbocycles. The molecule has 78 valence electrons. The molecule has 0 atom stereocenters. The van der Waals surface area contributed by atoms with Crippen molar-refractivity contribution in [2.24, 2.45) is 0 Å². The largest absolute Gasteiger partial charge is 0.379 e. The van der Waals surface area contributed by atoms with Gasteiger partial charge in [0.2, 0.25) is 0 Å². The van der Waals surface area contributed by atoms with Gasteiger partial charge in [0.25, 0.3) is 0 Å². The number of aryl methyl sites for hydroxylation is 2. The molecular weight excluding hydrogens is 186 g/mol. The van der Waals surface area contributed by atoms with Gasteiger partial charge in [0.15, 0.2) is 0 Å². The molecule has 0 amide bonds. The van der Waals surface area contributed by atoms with Crippen molar-refractivity contribution >= 4 is 0 Å². The molecule has 1 aromatic carbocycles. The zero-order valence-electron chi connectivity index (χ0n) is 9.21. The molecule has 1 aromatic rings. The molecule has 0 saturated carbocycles. The van der Waals surface area contributed by atoms with E-state index in [9.17, 15) is 0 Å². The highest BCUT2D eigenvalue weighted by Gasteiger charge is 2.40. The van der Waals surface area contributed by atoms with Crippen LogP contribution in [0.3, 0.4) is 0 Å². The minimum absolute atomic E-state index is 0.0345. The van der Waals surface area contributed by atoms with Crippen LogP contribution in [0.5, 0.6) is 0 Å². The second-order valence-electron chi connectivity index (χ2n) is 4.41. The summed E-state index contributed by atoms with van der Waals surface area (Å²) < 4.78 is 5.26. The Balaban J connectivity index is 2.36. The van der Waals surface area contributed by atoms with Crippen molar-refractivity contribution < 1.29 is 4.74 Å². The van der Waals surface area contributed by atoms with E-state index in [0.29, 0.717) is 19.6 Å². The molecule has 1 heterocycles. The van der Waals surface area contributed by atoms with E-state index in [4.69, 9.17) is 10.00 Å². The maximum absolute atomic E-state index is 8.85. The molecular formula is C13H15NO. The normalized spacial score (nSPS) is 17.9. The molecule has 0 spiro atoms. The van der Waals surface area contributed by atoms with Crippen LogP contribution in [0, 0.1) is 25.2 Å². The van der Waals surface area contributed by atoms with Gasteiger partial charge in [-0.1, -0.05) is 18.2 Å². The number of nitrogens with zero attached hydrogens (tertiary/aromatic N) is 1. The third-order valence-corrected chi connectivity index (χ3v) is 3.29. The molecule has 0 bridgehead atoms. The number of nitriles is 1. The lowest BCUT2D eigenvalue weighted by Gasteiger charge is -2.40. The molecule has 2 heteroatoms. The van der Waals surface area contributed by atoms with Gasteiger partial charge in [-0.3, -0.25) is 0 Å². The number of hydrogen-bond acceptors (Lipinski definition) is 2. The summed E-state index contributed by atoms with van der Waals surface area (Å²) in [6.45, 7) is 5.58. The first-order valence-corrected chi connectivity index (χ1v) is 5.20. The van der Waals surface area contributed by atoms with E-state index < -0.39 is 0 Å². The first-order chi connectivity index (χ1) is 7.18. The van der Waals surface area contributed by atoms with Gasteiger partial charge in [-0.25, -0.2) is 0 Å². The maximum atomic E-state index is 8.85. The highest BCUT2D eigenvalue weighted by atomic mass is 16.5. The molecule has 15 heavy (non-hydrogen) atoms. The Morgan fingerprint density at radius 3 is 2.53 bits per heavy atom. The topological polar surface area (TPSA) is 33.0 Å². The fraction of sp³-hybridized carbons (Fsp3) is 0.462. The Labute approximate surface area is 90.5 Å². The average molecular weight is 201 g/mol. The molecule has 0 unspecified atom stereocenters. The third kappa shape index (κ3) is 1.64. The van der Waals surface area contributed by atoms with Gasteiger partial charge in [-0.2, -0.15) is 5.26 Å². The maximum Gasteiger partial charge on any atom is 0.0632 e. The van der Waals surface area contributed by atoms with Crippen LogP contribution in [-0.4, -0.2) is 13.2 Å². The standard InChI is InChI=1S/C13H15NO/c1-10-3-4-12(7-11(10)2)13(5-6-14)8-15-9-13/h3-4,7H,5,8-9H2,1-2H3. The molecule has 0 aromatic heterocycles. The van der Waals surface area contributed by atoms with Gasteiger partial charge < -0.3 is 4.74 Å². The second kappa shape index (κ2) is 3.67. The Morgan fingerprint density at radius 2 is 2.07 bits per heavy atom. The van der Waals surface area contributed by atoms with Gasteiger partial charge in [-0.05, 0) is 30.5 Å². The van der Waals surface area contributed by atoms with Crippen molar-refractivity contribution in [2.45, 2.75) is 25.7 Å². The van der Waals surface area contributed by atoms with Crippen LogP contribution in [0.1, 0.15) is 23.1 Å². The number of ether oxygens (including phenoxy) is 1. The summed E-state index contributed by atoms with van der Waals surface area (Å²) in [6, 6.07) is 8.71. The van der Waals surface area contributed by atoms with E-state index in [1.165, 1.54) is 16.7 Å². The van der Waals surface area contributed by atoms with Gasteiger partial charge in [0.05, 0.1) is 24.7 Å². The molecule has 1 aliphatic heterocycles. The summed E-state index contributed by atoms with van der Waals surface area (Å²) in [5.41, 5.74) is 3.80. The summed E-state index contributed by atoms with van der Waals surface area (Å²) in [4.78, 5) is 0. The monoisotopic (exact) mass is 201 g/mol. The predicted octanol–water partition coefficient (Wildman–Crippen LogP) is 2.49. The van der Waals surface area contributed by atoms with Crippen molar-refractivity contribution in [1.29, 1.82) is 5.26 Å². The molecule has 1 aliphatic rings. The molecule has 2 rings (SSSR count). The Bertz CT molecular complexity index is 413. The lowest BCUT2D eigenvalue weighted by atomic mass is 9.75. The SMILES string of the molecule is Cc1ccc(C2(CC#N)COC2)cc1C. The van der Waals surface area contributed by atoms with E-state index in [2.05, 4.69) is 38.1 Å². The van der Waals surface area contributed by atoms with Crippen molar-refractivity contribution in [1.82, 2.24) is 0 Å². The van der Waals surface area contributed by atoms with Crippen LogP contribution in [0.4, 0.5) is 0 Å². The quantitative estimate of drug-likeness (QED) is 0.736. The minimum atomic E-state index is -0.0345. The van der Waals surface area contributed by atoms with Gasteiger partial charge in [-0.15, -0.1) is 0 Å². The lowest BCUT2D eigenvalue weighted by Crippen LogP contribution is -2.46. The predicted molar refractivity (Wildman–Crippen MR) is 58.6 cm³/mol. The highest BCUT2D eigenvalue weighted by Crippen LogP contribution is 2.36. The van der Waals surface area contributed by atoms with Crippen molar-refractivity contribution in [3.8, 4) is 6.07 Å². The molecule has 0 radical (unpaired) electrons. The zero-order valence-corrected chi connectivity index (χ0v) is 9.21. The Hall–Kier alpha value is -1.33. The van der Waals surface area contributed by atoms with Gasteiger partial charge in [0, 0.05) is 6.42 Å². The summed E-state index contributed by atoms with van der Waals surface area (Å²) >= 11 is 0. The second-order valence-corrected chi connectivity index (χ2v) is 4.41. The number of hydrogen-bond donors (Lipinski definition) is 0. The first kappa shape index (κ1) is 10.2. The summed E-state index contributed by atoms with van der Waals surface area (Å²) in [5, 5.41) is 8.85. The third-order valence-electron chi connectivity index (χ3n) is 3.29. The van der Waals surface area contributed by atoms with E-state index in [1.54, 1.807) is 0 Å². The van der Waals surface area contributed by atoms with E-state index >= 15 is 0 Å². The lowest BCUT2D eigenvalue weighted by molar-refractivity contribution is -0.0577. The smallest absolute Gasteiger partial charge is 0.0632 e.